The number of benzene rings is 1. The van der Waals surface area contributed by atoms with Gasteiger partial charge in [0.25, 0.3) is 0 Å². The molecule has 0 aliphatic heterocycles. The third kappa shape index (κ3) is 1.54. The highest BCUT2D eigenvalue weighted by Gasteiger charge is 2.27. The largest absolute Gasteiger partial charge is 0.506 e. The topological polar surface area (TPSA) is 77.0 Å². The Hall–Kier alpha value is -2.04. The minimum atomic E-state index is 0.193. The molecule has 1 aromatic heterocycles. The average Bonchev–Trinajstić information content (AvgIpc) is 2.60. The normalized spacial score (nSPS) is 15.8. The lowest BCUT2D eigenvalue weighted by Gasteiger charge is -2.26. The second-order valence-electron chi connectivity index (χ2n) is 4.39. The van der Waals surface area contributed by atoms with Crippen molar-refractivity contribution in [3.8, 4) is 11.4 Å². The molecule has 1 aliphatic rings. The first-order chi connectivity index (χ1) is 8.27. The van der Waals surface area contributed by atoms with Crippen LogP contribution in [0.1, 0.15) is 30.9 Å². The summed E-state index contributed by atoms with van der Waals surface area (Å²) in [6.07, 6.45) is 3.45. The van der Waals surface area contributed by atoms with E-state index in [0.717, 1.165) is 18.5 Å². The van der Waals surface area contributed by atoms with E-state index in [4.69, 9.17) is 5.73 Å². The molecule has 3 N–H and O–H groups in total. The van der Waals surface area contributed by atoms with Gasteiger partial charge in [-0.1, -0.05) is 23.8 Å². The summed E-state index contributed by atoms with van der Waals surface area (Å²) in [4.78, 5) is 0. The Kier molecular flexibility index (Phi) is 2.24. The molecule has 0 atom stereocenters. The van der Waals surface area contributed by atoms with Gasteiger partial charge in [-0.2, -0.15) is 0 Å². The van der Waals surface area contributed by atoms with E-state index in [9.17, 15) is 5.11 Å². The monoisotopic (exact) mass is 230 g/mol. The van der Waals surface area contributed by atoms with Crippen molar-refractivity contribution >= 4 is 5.82 Å². The number of hydrogen-bond donors (Lipinski definition) is 2. The Balaban J connectivity index is 2.12. The van der Waals surface area contributed by atoms with Gasteiger partial charge in [0.15, 0.2) is 5.82 Å². The number of para-hydroxylation sites is 2. The van der Waals surface area contributed by atoms with E-state index in [1.165, 1.54) is 6.42 Å². The van der Waals surface area contributed by atoms with Gasteiger partial charge in [0.2, 0.25) is 0 Å². The number of aromatic hydroxyl groups is 1. The Bertz CT molecular complexity index is 545. The molecule has 88 valence electrons. The SMILES string of the molecule is Nc1nnn(-c2ccccc2O)c1C1CCC1. The maximum Gasteiger partial charge on any atom is 0.169 e. The van der Waals surface area contributed by atoms with E-state index in [-0.39, 0.29) is 5.75 Å². The molecule has 1 aliphatic carbocycles. The first-order valence-electron chi connectivity index (χ1n) is 5.77. The number of anilines is 1. The molecule has 0 amide bonds. The van der Waals surface area contributed by atoms with Crippen LogP contribution in [0.15, 0.2) is 24.3 Å². The van der Waals surface area contributed by atoms with Crippen LogP contribution in [0.2, 0.25) is 0 Å². The van der Waals surface area contributed by atoms with Gasteiger partial charge in [0, 0.05) is 5.92 Å². The van der Waals surface area contributed by atoms with Crippen molar-refractivity contribution in [2.45, 2.75) is 25.2 Å². The lowest BCUT2D eigenvalue weighted by Crippen LogP contribution is -2.15. The van der Waals surface area contributed by atoms with Crippen LogP contribution >= 0.6 is 0 Å². The zero-order valence-corrected chi connectivity index (χ0v) is 9.37. The quantitative estimate of drug-likeness (QED) is 0.825. The number of nitrogens with zero attached hydrogens (tertiary/aromatic N) is 3. The molecular formula is C12H14N4O. The first kappa shape index (κ1) is 10.1. The standard InChI is InChI=1S/C12H14N4O/c13-12-11(8-4-3-5-8)16(15-14-12)9-6-1-2-7-10(9)17/h1-2,6-8,17H,3-5,13H2. The molecule has 0 radical (unpaired) electrons. The minimum absolute atomic E-state index is 0.193. The smallest absolute Gasteiger partial charge is 0.169 e. The van der Waals surface area contributed by atoms with Crippen molar-refractivity contribution in [2.75, 3.05) is 5.73 Å². The van der Waals surface area contributed by atoms with Crippen LogP contribution in [0.3, 0.4) is 0 Å². The van der Waals surface area contributed by atoms with Gasteiger partial charge in [-0.15, -0.1) is 5.10 Å². The van der Waals surface area contributed by atoms with Crippen molar-refractivity contribution in [3.05, 3.63) is 30.0 Å². The molecule has 1 aromatic carbocycles. The Morgan fingerprint density at radius 2 is 2.06 bits per heavy atom. The molecule has 0 unspecified atom stereocenters. The molecule has 0 spiro atoms. The van der Waals surface area contributed by atoms with Crippen molar-refractivity contribution < 1.29 is 5.11 Å². The molecule has 2 aromatic rings. The van der Waals surface area contributed by atoms with Crippen LogP contribution in [0.5, 0.6) is 5.75 Å². The zero-order valence-electron chi connectivity index (χ0n) is 9.37. The van der Waals surface area contributed by atoms with Crippen molar-refractivity contribution in [3.63, 3.8) is 0 Å². The van der Waals surface area contributed by atoms with E-state index in [2.05, 4.69) is 10.3 Å². The molecule has 5 heteroatoms. The predicted octanol–water partition coefficient (Wildman–Crippen LogP) is 1.82. The summed E-state index contributed by atoms with van der Waals surface area (Å²) in [6.45, 7) is 0. The number of hydrogen-bond acceptors (Lipinski definition) is 4. The van der Waals surface area contributed by atoms with Crippen LogP contribution in [0.25, 0.3) is 5.69 Å². The van der Waals surface area contributed by atoms with Crippen LogP contribution < -0.4 is 5.73 Å². The predicted molar refractivity (Wildman–Crippen MR) is 64.0 cm³/mol. The second kappa shape index (κ2) is 3.76. The molecule has 17 heavy (non-hydrogen) atoms. The highest BCUT2D eigenvalue weighted by molar-refractivity contribution is 5.49. The molecular weight excluding hydrogens is 216 g/mol. The highest BCUT2D eigenvalue weighted by atomic mass is 16.3. The summed E-state index contributed by atoms with van der Waals surface area (Å²) in [5, 5.41) is 17.8. The Morgan fingerprint density at radius 3 is 2.71 bits per heavy atom. The number of rotatable bonds is 2. The molecule has 0 saturated heterocycles. The summed E-state index contributed by atoms with van der Waals surface area (Å²) in [7, 11) is 0. The summed E-state index contributed by atoms with van der Waals surface area (Å²) < 4.78 is 1.66. The summed E-state index contributed by atoms with van der Waals surface area (Å²) in [5.74, 6) is 1.08. The number of nitrogens with two attached hydrogens (primary N) is 1. The zero-order chi connectivity index (χ0) is 11.8. The lowest BCUT2D eigenvalue weighted by molar-refractivity contribution is 0.401. The maximum absolute atomic E-state index is 9.84. The average molecular weight is 230 g/mol. The number of nitrogen functional groups attached to an aromatic ring is 1. The van der Waals surface area contributed by atoms with Gasteiger partial charge in [0.05, 0.1) is 5.69 Å². The van der Waals surface area contributed by atoms with Gasteiger partial charge in [-0.3, -0.25) is 0 Å². The first-order valence-corrected chi connectivity index (χ1v) is 5.77. The van der Waals surface area contributed by atoms with Crippen LogP contribution in [-0.4, -0.2) is 20.1 Å². The van der Waals surface area contributed by atoms with Gasteiger partial charge >= 0.3 is 0 Å². The molecule has 3 rings (SSSR count). The van der Waals surface area contributed by atoms with Gasteiger partial charge < -0.3 is 10.8 Å². The van der Waals surface area contributed by atoms with Gasteiger partial charge in [0.1, 0.15) is 11.4 Å². The third-order valence-electron chi connectivity index (χ3n) is 3.33. The van der Waals surface area contributed by atoms with Crippen molar-refractivity contribution in [1.82, 2.24) is 15.0 Å². The molecule has 1 fully saturated rings. The molecule has 0 bridgehead atoms. The van der Waals surface area contributed by atoms with E-state index < -0.39 is 0 Å². The number of aromatic nitrogens is 3. The lowest BCUT2D eigenvalue weighted by atomic mass is 9.82. The molecule has 1 saturated carbocycles. The van der Waals surface area contributed by atoms with Gasteiger partial charge in [-0.05, 0) is 25.0 Å². The van der Waals surface area contributed by atoms with E-state index in [0.29, 0.717) is 17.4 Å². The third-order valence-corrected chi connectivity index (χ3v) is 3.33. The van der Waals surface area contributed by atoms with Crippen LogP contribution in [-0.2, 0) is 0 Å². The van der Waals surface area contributed by atoms with Gasteiger partial charge in [-0.25, -0.2) is 4.68 Å². The minimum Gasteiger partial charge on any atom is -0.506 e. The van der Waals surface area contributed by atoms with E-state index >= 15 is 0 Å². The van der Waals surface area contributed by atoms with Crippen LogP contribution in [0.4, 0.5) is 5.82 Å². The fraction of sp³-hybridized carbons (Fsp3) is 0.333. The fourth-order valence-electron chi connectivity index (χ4n) is 2.19. The molecule has 1 heterocycles. The van der Waals surface area contributed by atoms with Crippen molar-refractivity contribution in [2.24, 2.45) is 0 Å². The summed E-state index contributed by atoms with van der Waals surface area (Å²) >= 11 is 0. The summed E-state index contributed by atoms with van der Waals surface area (Å²) in [5.41, 5.74) is 7.43. The van der Waals surface area contributed by atoms with Crippen LogP contribution in [0, 0.1) is 0 Å². The highest BCUT2D eigenvalue weighted by Crippen LogP contribution is 2.39. The maximum atomic E-state index is 9.84. The van der Waals surface area contributed by atoms with Crippen molar-refractivity contribution in [1.29, 1.82) is 0 Å². The summed E-state index contributed by atoms with van der Waals surface area (Å²) in [6, 6.07) is 7.09. The number of phenols is 1. The van der Waals surface area contributed by atoms with E-state index in [1.54, 1.807) is 16.8 Å². The number of phenolic OH excluding ortho intramolecular Hbond substituents is 1. The Labute approximate surface area is 98.9 Å². The second-order valence-corrected chi connectivity index (χ2v) is 4.39. The fourth-order valence-corrected chi connectivity index (χ4v) is 2.19. The van der Waals surface area contributed by atoms with E-state index in [1.807, 2.05) is 12.1 Å². The Morgan fingerprint density at radius 1 is 1.29 bits per heavy atom. The molecule has 5 nitrogen and oxygen atoms in total.